The number of nitrogens with zero attached hydrogens (tertiary/aromatic N) is 1. The molecular weight excluding hydrogens is 226 g/mol. The van der Waals surface area contributed by atoms with Crippen LogP contribution in [-0.2, 0) is 5.41 Å². The van der Waals surface area contributed by atoms with Crippen LogP contribution in [0, 0.1) is 17.2 Å². The first kappa shape index (κ1) is 11.6. The number of hydrogen-bond donors (Lipinski definition) is 1. The number of ether oxygens (including phenoxy) is 1. The highest BCUT2D eigenvalue weighted by Crippen LogP contribution is 2.46. The molecule has 0 spiro atoms. The predicted molar refractivity (Wildman–Crippen MR) is 67.2 cm³/mol. The zero-order valence-electron chi connectivity index (χ0n) is 10.3. The van der Waals surface area contributed by atoms with E-state index < -0.39 is 11.5 Å². The largest absolute Gasteiger partial charge is 0.493 e. The third-order valence-corrected chi connectivity index (χ3v) is 4.42. The van der Waals surface area contributed by atoms with Gasteiger partial charge in [-0.3, -0.25) is 0 Å². The highest BCUT2D eigenvalue weighted by molar-refractivity contribution is 5.46. The molecule has 3 heteroatoms. The summed E-state index contributed by atoms with van der Waals surface area (Å²) in [5, 5.41) is 20.3. The number of fused-ring (bicyclic) bond motifs is 1. The van der Waals surface area contributed by atoms with Crippen molar-refractivity contribution in [1.29, 1.82) is 5.26 Å². The standard InChI is InChI=1S/C15H17NO2/c16-10-15(14(17)11-4-3-5-11)8-9-18-13-7-2-1-6-12(13)15/h1-2,6-7,11,14,17H,3-5,8-9H2. The summed E-state index contributed by atoms with van der Waals surface area (Å²) < 4.78 is 5.60. The summed E-state index contributed by atoms with van der Waals surface area (Å²) in [5.41, 5.74) is 0.0816. The second-order valence-electron chi connectivity index (χ2n) is 5.31. The zero-order chi connectivity index (χ0) is 12.6. The van der Waals surface area contributed by atoms with Gasteiger partial charge in [-0.1, -0.05) is 24.6 Å². The predicted octanol–water partition coefficient (Wildman–Crippen LogP) is 2.39. The summed E-state index contributed by atoms with van der Waals surface area (Å²) in [6.07, 6.45) is 3.25. The van der Waals surface area contributed by atoms with Crippen LogP contribution in [0.1, 0.15) is 31.2 Å². The highest BCUT2D eigenvalue weighted by atomic mass is 16.5. The van der Waals surface area contributed by atoms with Crippen molar-refractivity contribution >= 4 is 0 Å². The minimum atomic E-state index is -0.778. The van der Waals surface area contributed by atoms with Crippen molar-refractivity contribution in [1.82, 2.24) is 0 Å². The number of nitriles is 1. The van der Waals surface area contributed by atoms with Gasteiger partial charge in [0.15, 0.2) is 0 Å². The van der Waals surface area contributed by atoms with Gasteiger partial charge >= 0.3 is 0 Å². The Balaban J connectivity index is 2.04. The van der Waals surface area contributed by atoms with Gasteiger partial charge in [-0.05, 0) is 24.8 Å². The molecule has 0 amide bonds. The Hall–Kier alpha value is -1.53. The van der Waals surface area contributed by atoms with Crippen LogP contribution >= 0.6 is 0 Å². The number of aliphatic hydroxyl groups excluding tert-OH is 1. The minimum Gasteiger partial charge on any atom is -0.493 e. The van der Waals surface area contributed by atoms with Crippen LogP contribution < -0.4 is 4.74 Å². The van der Waals surface area contributed by atoms with Gasteiger partial charge in [0.25, 0.3) is 0 Å². The Bertz CT molecular complexity index is 490. The van der Waals surface area contributed by atoms with E-state index in [0.717, 1.165) is 24.2 Å². The average Bonchev–Trinajstić information content (AvgIpc) is 2.36. The monoisotopic (exact) mass is 243 g/mol. The molecule has 94 valence electrons. The van der Waals surface area contributed by atoms with Gasteiger partial charge in [-0.25, -0.2) is 0 Å². The van der Waals surface area contributed by atoms with Gasteiger partial charge in [0.2, 0.25) is 0 Å². The first-order valence-corrected chi connectivity index (χ1v) is 6.59. The summed E-state index contributed by atoms with van der Waals surface area (Å²) in [4.78, 5) is 0. The molecule has 2 unspecified atom stereocenters. The van der Waals surface area contributed by atoms with Crippen LogP contribution in [0.15, 0.2) is 24.3 Å². The van der Waals surface area contributed by atoms with Crippen LogP contribution in [0.25, 0.3) is 0 Å². The fraction of sp³-hybridized carbons (Fsp3) is 0.533. The maximum Gasteiger partial charge on any atom is 0.124 e. The fourth-order valence-electron chi connectivity index (χ4n) is 3.07. The topological polar surface area (TPSA) is 53.2 Å². The lowest BCUT2D eigenvalue weighted by Gasteiger charge is -2.42. The van der Waals surface area contributed by atoms with Crippen molar-refractivity contribution in [2.45, 2.75) is 37.2 Å². The Kier molecular flexibility index (Phi) is 2.76. The number of hydrogen-bond acceptors (Lipinski definition) is 3. The molecule has 18 heavy (non-hydrogen) atoms. The summed E-state index contributed by atoms with van der Waals surface area (Å²) in [6, 6.07) is 10.0. The summed E-state index contributed by atoms with van der Waals surface area (Å²) >= 11 is 0. The van der Waals surface area contributed by atoms with E-state index in [1.165, 1.54) is 6.42 Å². The van der Waals surface area contributed by atoms with Gasteiger partial charge in [-0.15, -0.1) is 0 Å². The number of aliphatic hydroxyl groups is 1. The Morgan fingerprint density at radius 2 is 2.17 bits per heavy atom. The first-order valence-electron chi connectivity index (χ1n) is 6.59. The molecule has 3 nitrogen and oxygen atoms in total. The van der Waals surface area contributed by atoms with E-state index in [4.69, 9.17) is 4.74 Å². The van der Waals surface area contributed by atoms with Crippen molar-refractivity contribution in [3.05, 3.63) is 29.8 Å². The Morgan fingerprint density at radius 3 is 2.83 bits per heavy atom. The number of benzene rings is 1. The van der Waals surface area contributed by atoms with Crippen molar-refractivity contribution in [3.63, 3.8) is 0 Å². The molecule has 1 saturated carbocycles. The van der Waals surface area contributed by atoms with Crippen LogP contribution in [0.4, 0.5) is 0 Å². The lowest BCUT2D eigenvalue weighted by molar-refractivity contribution is 0.00193. The Labute approximate surface area is 107 Å². The maximum absolute atomic E-state index is 10.6. The van der Waals surface area contributed by atoms with Crippen molar-refractivity contribution in [2.75, 3.05) is 6.61 Å². The Morgan fingerprint density at radius 1 is 1.39 bits per heavy atom. The number of para-hydroxylation sites is 1. The highest BCUT2D eigenvalue weighted by Gasteiger charge is 2.48. The third-order valence-electron chi connectivity index (χ3n) is 4.42. The van der Waals surface area contributed by atoms with E-state index in [1.54, 1.807) is 0 Å². The van der Waals surface area contributed by atoms with Gasteiger partial charge in [0.05, 0.1) is 18.8 Å². The molecule has 0 bridgehead atoms. The van der Waals surface area contributed by atoms with E-state index in [2.05, 4.69) is 6.07 Å². The summed E-state index contributed by atoms with van der Waals surface area (Å²) in [7, 11) is 0. The molecule has 3 rings (SSSR count). The summed E-state index contributed by atoms with van der Waals surface area (Å²) in [5.74, 6) is 1.03. The molecule has 1 fully saturated rings. The lowest BCUT2D eigenvalue weighted by Crippen LogP contribution is -2.48. The van der Waals surface area contributed by atoms with Crippen LogP contribution in [0.5, 0.6) is 5.75 Å². The molecule has 2 atom stereocenters. The molecule has 0 aromatic heterocycles. The molecule has 1 aromatic rings. The first-order chi connectivity index (χ1) is 8.78. The van der Waals surface area contributed by atoms with Gasteiger partial charge in [0, 0.05) is 12.0 Å². The van der Waals surface area contributed by atoms with E-state index in [9.17, 15) is 10.4 Å². The molecule has 1 aromatic carbocycles. The molecule has 1 aliphatic carbocycles. The molecule has 1 heterocycles. The van der Waals surface area contributed by atoms with Crippen LogP contribution in [0.2, 0.25) is 0 Å². The normalized spacial score (nSPS) is 28.4. The minimum absolute atomic E-state index is 0.274. The van der Waals surface area contributed by atoms with E-state index in [-0.39, 0.29) is 5.92 Å². The molecule has 1 N–H and O–H groups in total. The SMILES string of the molecule is N#CC1(C(O)C2CCC2)CCOc2ccccc21. The summed E-state index contributed by atoms with van der Waals surface area (Å²) in [6.45, 7) is 0.508. The molecular formula is C15H17NO2. The molecule has 2 aliphatic rings. The second kappa shape index (κ2) is 4.29. The van der Waals surface area contributed by atoms with Gasteiger partial charge < -0.3 is 9.84 Å². The van der Waals surface area contributed by atoms with Gasteiger partial charge in [0.1, 0.15) is 11.2 Å². The fourth-order valence-corrected chi connectivity index (χ4v) is 3.07. The van der Waals surface area contributed by atoms with Crippen LogP contribution in [0.3, 0.4) is 0 Å². The van der Waals surface area contributed by atoms with E-state index in [1.807, 2.05) is 24.3 Å². The van der Waals surface area contributed by atoms with E-state index in [0.29, 0.717) is 13.0 Å². The second-order valence-corrected chi connectivity index (χ2v) is 5.31. The zero-order valence-corrected chi connectivity index (χ0v) is 10.3. The maximum atomic E-state index is 10.6. The number of rotatable bonds is 2. The van der Waals surface area contributed by atoms with Crippen LogP contribution in [-0.4, -0.2) is 17.8 Å². The smallest absolute Gasteiger partial charge is 0.124 e. The van der Waals surface area contributed by atoms with Crippen molar-refractivity contribution in [3.8, 4) is 11.8 Å². The van der Waals surface area contributed by atoms with Crippen molar-refractivity contribution in [2.24, 2.45) is 5.92 Å². The van der Waals surface area contributed by atoms with Crippen molar-refractivity contribution < 1.29 is 9.84 Å². The molecule has 0 saturated heterocycles. The average molecular weight is 243 g/mol. The van der Waals surface area contributed by atoms with Gasteiger partial charge in [-0.2, -0.15) is 5.26 Å². The molecule has 0 radical (unpaired) electrons. The quantitative estimate of drug-likeness (QED) is 0.867. The third kappa shape index (κ3) is 1.53. The van der Waals surface area contributed by atoms with E-state index >= 15 is 0 Å². The lowest BCUT2D eigenvalue weighted by atomic mass is 9.64. The molecule has 1 aliphatic heterocycles.